The molecule has 0 bridgehead atoms. The van der Waals surface area contributed by atoms with Gasteiger partial charge in [-0.25, -0.2) is 4.98 Å². The lowest BCUT2D eigenvalue weighted by Crippen LogP contribution is -2.32. The summed E-state index contributed by atoms with van der Waals surface area (Å²) in [6.07, 6.45) is 4.97. The zero-order valence-electron chi connectivity index (χ0n) is 10.3. The summed E-state index contributed by atoms with van der Waals surface area (Å²) >= 11 is 1.71. The largest absolute Gasteiger partial charge is 0.329 e. The molecule has 2 rings (SSSR count). The van der Waals surface area contributed by atoms with Gasteiger partial charge in [-0.1, -0.05) is 26.3 Å². The van der Waals surface area contributed by atoms with Crippen LogP contribution >= 0.6 is 11.3 Å². The Bertz CT molecular complexity index is 447. The third kappa shape index (κ3) is 2.76. The van der Waals surface area contributed by atoms with Gasteiger partial charge in [0.2, 0.25) is 0 Å². The summed E-state index contributed by atoms with van der Waals surface area (Å²) in [5, 5.41) is 2.07. The third-order valence-corrected chi connectivity index (χ3v) is 4.11. The van der Waals surface area contributed by atoms with Gasteiger partial charge in [0, 0.05) is 25.0 Å². The van der Waals surface area contributed by atoms with Crippen molar-refractivity contribution in [3.63, 3.8) is 0 Å². The molecule has 92 valence electrons. The standard InChI is InChI=1S/C13H19N3S/c1-3-10(2)11(14)9-16-7-6-15-13(16)12-5-4-8-17-12/h4-8,10-11H,3,9,14H2,1-2H3. The van der Waals surface area contributed by atoms with Gasteiger partial charge < -0.3 is 10.3 Å². The molecule has 2 aromatic heterocycles. The molecule has 4 heteroatoms. The molecule has 2 heterocycles. The van der Waals surface area contributed by atoms with Crippen LogP contribution in [0.25, 0.3) is 10.7 Å². The molecular weight excluding hydrogens is 230 g/mol. The molecule has 2 N–H and O–H groups in total. The number of thiophene rings is 1. The lowest BCUT2D eigenvalue weighted by Gasteiger charge is -2.19. The predicted octanol–water partition coefficient (Wildman–Crippen LogP) is 2.99. The van der Waals surface area contributed by atoms with Gasteiger partial charge in [-0.05, 0) is 17.4 Å². The third-order valence-electron chi connectivity index (χ3n) is 3.24. The molecule has 0 aliphatic heterocycles. The van der Waals surface area contributed by atoms with E-state index in [0.29, 0.717) is 5.92 Å². The minimum atomic E-state index is 0.188. The number of nitrogens with zero attached hydrogens (tertiary/aromatic N) is 2. The highest BCUT2D eigenvalue weighted by Crippen LogP contribution is 2.23. The predicted molar refractivity (Wildman–Crippen MR) is 73.0 cm³/mol. The SMILES string of the molecule is CCC(C)C(N)Cn1ccnc1-c1cccs1. The van der Waals surface area contributed by atoms with E-state index in [-0.39, 0.29) is 6.04 Å². The van der Waals surface area contributed by atoms with Crippen LogP contribution < -0.4 is 5.73 Å². The molecule has 0 saturated heterocycles. The van der Waals surface area contributed by atoms with Crippen molar-refractivity contribution >= 4 is 11.3 Å². The Hall–Kier alpha value is -1.13. The Kier molecular flexibility index (Phi) is 3.97. The molecule has 0 spiro atoms. The van der Waals surface area contributed by atoms with Crippen LogP contribution in [0, 0.1) is 5.92 Å². The molecule has 3 nitrogen and oxygen atoms in total. The highest BCUT2D eigenvalue weighted by molar-refractivity contribution is 7.13. The van der Waals surface area contributed by atoms with E-state index in [1.54, 1.807) is 11.3 Å². The van der Waals surface area contributed by atoms with E-state index < -0.39 is 0 Å². The van der Waals surface area contributed by atoms with Gasteiger partial charge in [0.05, 0.1) is 4.88 Å². The molecule has 0 aliphatic carbocycles. The van der Waals surface area contributed by atoms with Crippen molar-refractivity contribution < 1.29 is 0 Å². The summed E-state index contributed by atoms with van der Waals surface area (Å²) in [7, 11) is 0. The van der Waals surface area contributed by atoms with Gasteiger partial charge in [-0.2, -0.15) is 0 Å². The first-order chi connectivity index (χ1) is 8.22. The first-order valence-corrected chi connectivity index (χ1v) is 6.91. The van der Waals surface area contributed by atoms with Crippen LogP contribution in [0.3, 0.4) is 0 Å². The lowest BCUT2D eigenvalue weighted by atomic mass is 10.0. The smallest absolute Gasteiger partial charge is 0.150 e. The first kappa shape index (κ1) is 12.3. The normalized spacial score (nSPS) is 14.8. The van der Waals surface area contributed by atoms with Crippen LogP contribution in [-0.4, -0.2) is 15.6 Å². The molecular formula is C13H19N3S. The number of imidazole rings is 1. The van der Waals surface area contributed by atoms with Crippen molar-refractivity contribution in [1.29, 1.82) is 0 Å². The van der Waals surface area contributed by atoms with Crippen LogP contribution in [0.2, 0.25) is 0 Å². The topological polar surface area (TPSA) is 43.8 Å². The zero-order chi connectivity index (χ0) is 12.3. The van der Waals surface area contributed by atoms with E-state index in [0.717, 1.165) is 18.8 Å². The Balaban J connectivity index is 2.15. The average Bonchev–Trinajstić information content (AvgIpc) is 2.97. The van der Waals surface area contributed by atoms with Gasteiger partial charge in [0.1, 0.15) is 5.82 Å². The molecule has 0 aromatic carbocycles. The van der Waals surface area contributed by atoms with Crippen LogP contribution in [0.15, 0.2) is 29.9 Å². The fourth-order valence-corrected chi connectivity index (χ4v) is 2.53. The van der Waals surface area contributed by atoms with Gasteiger partial charge in [-0.3, -0.25) is 0 Å². The average molecular weight is 249 g/mol. The van der Waals surface area contributed by atoms with Crippen molar-refractivity contribution in [2.75, 3.05) is 0 Å². The Morgan fingerprint density at radius 1 is 1.53 bits per heavy atom. The molecule has 0 amide bonds. The summed E-state index contributed by atoms with van der Waals surface area (Å²) < 4.78 is 2.16. The second kappa shape index (κ2) is 5.47. The van der Waals surface area contributed by atoms with E-state index in [4.69, 9.17) is 5.73 Å². The van der Waals surface area contributed by atoms with E-state index in [1.165, 1.54) is 4.88 Å². The van der Waals surface area contributed by atoms with Crippen molar-refractivity contribution in [2.45, 2.75) is 32.9 Å². The van der Waals surface area contributed by atoms with Crippen molar-refractivity contribution in [1.82, 2.24) is 9.55 Å². The molecule has 17 heavy (non-hydrogen) atoms. The first-order valence-electron chi connectivity index (χ1n) is 6.03. The second-order valence-corrected chi connectivity index (χ2v) is 5.38. The Morgan fingerprint density at radius 2 is 2.35 bits per heavy atom. The number of hydrogen-bond acceptors (Lipinski definition) is 3. The number of rotatable bonds is 5. The molecule has 0 aliphatic rings. The van der Waals surface area contributed by atoms with Crippen LogP contribution in [0.1, 0.15) is 20.3 Å². The zero-order valence-corrected chi connectivity index (χ0v) is 11.2. The summed E-state index contributed by atoms with van der Waals surface area (Å²) in [5.41, 5.74) is 6.20. The maximum absolute atomic E-state index is 6.20. The van der Waals surface area contributed by atoms with E-state index in [9.17, 15) is 0 Å². The number of hydrogen-bond donors (Lipinski definition) is 1. The van der Waals surface area contributed by atoms with Gasteiger partial charge in [-0.15, -0.1) is 11.3 Å². The molecule has 2 atom stereocenters. The maximum atomic E-state index is 6.20. The molecule has 0 fully saturated rings. The Labute approximate surface area is 106 Å². The highest BCUT2D eigenvalue weighted by atomic mass is 32.1. The van der Waals surface area contributed by atoms with Crippen LogP contribution in [0.5, 0.6) is 0 Å². The van der Waals surface area contributed by atoms with Gasteiger partial charge in [0.25, 0.3) is 0 Å². The molecule has 2 unspecified atom stereocenters. The lowest BCUT2D eigenvalue weighted by molar-refractivity contribution is 0.398. The van der Waals surface area contributed by atoms with Crippen LogP contribution in [0.4, 0.5) is 0 Å². The highest BCUT2D eigenvalue weighted by Gasteiger charge is 2.14. The molecule has 2 aromatic rings. The van der Waals surface area contributed by atoms with Gasteiger partial charge in [0.15, 0.2) is 0 Å². The monoisotopic (exact) mass is 249 g/mol. The number of aromatic nitrogens is 2. The Morgan fingerprint density at radius 3 is 3.00 bits per heavy atom. The minimum Gasteiger partial charge on any atom is -0.329 e. The minimum absolute atomic E-state index is 0.188. The second-order valence-electron chi connectivity index (χ2n) is 4.43. The van der Waals surface area contributed by atoms with Gasteiger partial charge >= 0.3 is 0 Å². The summed E-state index contributed by atoms with van der Waals surface area (Å²) in [6, 6.07) is 4.33. The number of nitrogens with two attached hydrogens (primary N) is 1. The fraction of sp³-hybridized carbons (Fsp3) is 0.462. The summed E-state index contributed by atoms with van der Waals surface area (Å²) in [5.74, 6) is 1.56. The van der Waals surface area contributed by atoms with Crippen molar-refractivity contribution in [3.8, 4) is 10.7 Å². The van der Waals surface area contributed by atoms with Crippen molar-refractivity contribution in [3.05, 3.63) is 29.9 Å². The van der Waals surface area contributed by atoms with Crippen molar-refractivity contribution in [2.24, 2.45) is 11.7 Å². The van der Waals surface area contributed by atoms with E-state index >= 15 is 0 Å². The fourth-order valence-electron chi connectivity index (χ4n) is 1.80. The molecule has 0 saturated carbocycles. The quantitative estimate of drug-likeness (QED) is 0.885. The van der Waals surface area contributed by atoms with Crippen LogP contribution in [-0.2, 0) is 6.54 Å². The maximum Gasteiger partial charge on any atom is 0.150 e. The van der Waals surface area contributed by atoms with E-state index in [2.05, 4.69) is 34.8 Å². The molecule has 0 radical (unpaired) electrons. The summed E-state index contributed by atoms with van der Waals surface area (Å²) in [4.78, 5) is 5.62. The van der Waals surface area contributed by atoms with E-state index in [1.807, 2.05) is 18.5 Å². The summed E-state index contributed by atoms with van der Waals surface area (Å²) in [6.45, 7) is 5.22.